The third-order valence-corrected chi connectivity index (χ3v) is 4.33. The molecule has 0 bridgehead atoms. The highest BCUT2D eigenvalue weighted by molar-refractivity contribution is 5.78. The predicted molar refractivity (Wildman–Crippen MR) is 95.9 cm³/mol. The Hall–Kier alpha value is -2.12. The van der Waals surface area contributed by atoms with Crippen LogP contribution in [0.5, 0.6) is 0 Å². The van der Waals surface area contributed by atoms with Crippen LogP contribution in [-0.4, -0.2) is 59.8 Å². The van der Waals surface area contributed by atoms with Crippen molar-refractivity contribution >= 4 is 17.0 Å². The summed E-state index contributed by atoms with van der Waals surface area (Å²) in [5.74, 6) is 1.39. The van der Waals surface area contributed by atoms with Crippen molar-refractivity contribution in [1.29, 1.82) is 0 Å². The molecule has 0 atom stereocenters. The fourth-order valence-corrected chi connectivity index (χ4v) is 2.89. The second-order valence-electron chi connectivity index (χ2n) is 6.01. The van der Waals surface area contributed by atoms with E-state index in [0.717, 1.165) is 62.7 Å². The number of rotatable bonds is 6. The number of para-hydroxylation sites is 2. The van der Waals surface area contributed by atoms with E-state index in [0.29, 0.717) is 12.5 Å². The summed E-state index contributed by atoms with van der Waals surface area (Å²) in [6, 6.07) is 8.08. The van der Waals surface area contributed by atoms with Crippen LogP contribution < -0.4 is 11.1 Å². The van der Waals surface area contributed by atoms with Gasteiger partial charge in [-0.15, -0.1) is 0 Å². The van der Waals surface area contributed by atoms with E-state index in [1.165, 1.54) is 0 Å². The van der Waals surface area contributed by atoms with Crippen molar-refractivity contribution in [2.24, 2.45) is 17.8 Å². The van der Waals surface area contributed by atoms with Gasteiger partial charge in [0.05, 0.1) is 24.2 Å². The second kappa shape index (κ2) is 8.12. The van der Waals surface area contributed by atoms with E-state index in [2.05, 4.69) is 30.8 Å². The van der Waals surface area contributed by atoms with Crippen LogP contribution in [0.2, 0.25) is 0 Å². The Morgan fingerprint density at radius 3 is 2.92 bits per heavy atom. The summed E-state index contributed by atoms with van der Waals surface area (Å²) >= 11 is 0. The first-order valence-corrected chi connectivity index (χ1v) is 8.48. The Balaban J connectivity index is 1.44. The fraction of sp³-hybridized carbons (Fsp3) is 0.529. The van der Waals surface area contributed by atoms with Crippen LogP contribution in [0.25, 0.3) is 11.0 Å². The molecular weight excluding hydrogens is 304 g/mol. The van der Waals surface area contributed by atoms with Gasteiger partial charge in [-0.3, -0.25) is 4.90 Å². The van der Waals surface area contributed by atoms with Crippen molar-refractivity contribution in [3.8, 4) is 0 Å². The summed E-state index contributed by atoms with van der Waals surface area (Å²) in [7, 11) is 2.01. The maximum atomic E-state index is 5.95. The van der Waals surface area contributed by atoms with Crippen molar-refractivity contribution < 1.29 is 4.74 Å². The first kappa shape index (κ1) is 16.7. The Morgan fingerprint density at radius 2 is 2.12 bits per heavy atom. The molecule has 24 heavy (non-hydrogen) atoms. The van der Waals surface area contributed by atoms with Crippen LogP contribution in [0.15, 0.2) is 29.3 Å². The minimum Gasteiger partial charge on any atom is -0.379 e. The van der Waals surface area contributed by atoms with Crippen molar-refractivity contribution in [3.05, 3.63) is 30.1 Å². The monoisotopic (exact) mass is 330 g/mol. The molecule has 3 N–H and O–H groups in total. The molecule has 1 aromatic heterocycles. The first-order chi connectivity index (χ1) is 11.7. The standard InChI is InChI=1S/C17H26N6O/c1-22-15-6-3-2-5-14(15)21-16(22)13-20-17(18)19-7-4-8-23-9-11-24-12-10-23/h2-3,5-6H,4,7-13H2,1H3,(H3,18,19,20). The van der Waals surface area contributed by atoms with Crippen LogP contribution in [0.4, 0.5) is 0 Å². The van der Waals surface area contributed by atoms with Gasteiger partial charge < -0.3 is 20.4 Å². The maximum Gasteiger partial charge on any atom is 0.189 e. The topological polar surface area (TPSA) is 80.7 Å². The molecule has 2 heterocycles. The van der Waals surface area contributed by atoms with Gasteiger partial charge in [0.2, 0.25) is 0 Å². The van der Waals surface area contributed by atoms with Gasteiger partial charge in [0.15, 0.2) is 5.96 Å². The quantitative estimate of drug-likeness (QED) is 0.463. The highest BCUT2D eigenvalue weighted by atomic mass is 16.5. The Labute approximate surface area is 142 Å². The lowest BCUT2D eigenvalue weighted by molar-refractivity contribution is 0.0376. The van der Waals surface area contributed by atoms with Crippen LogP contribution in [0, 0.1) is 0 Å². The number of aliphatic imine (C=N–C) groups is 1. The van der Waals surface area contributed by atoms with E-state index in [1.807, 2.05) is 25.2 Å². The molecule has 1 saturated heterocycles. The van der Waals surface area contributed by atoms with Gasteiger partial charge in [-0.2, -0.15) is 0 Å². The smallest absolute Gasteiger partial charge is 0.189 e. The number of fused-ring (bicyclic) bond motifs is 1. The predicted octanol–water partition coefficient (Wildman–Crippen LogP) is 0.700. The number of nitrogens with one attached hydrogen (secondary N) is 1. The number of morpholine rings is 1. The zero-order valence-electron chi connectivity index (χ0n) is 14.2. The third-order valence-electron chi connectivity index (χ3n) is 4.33. The number of hydrogen-bond donors (Lipinski definition) is 2. The van der Waals surface area contributed by atoms with Crippen LogP contribution >= 0.6 is 0 Å². The summed E-state index contributed by atoms with van der Waals surface area (Å²) in [5, 5.41) is 3.18. The highest BCUT2D eigenvalue weighted by Gasteiger charge is 2.09. The molecule has 0 spiro atoms. The SMILES string of the molecule is Cn1c(CN=C(N)NCCCN2CCOCC2)nc2ccccc21. The number of ether oxygens (including phenoxy) is 1. The van der Waals surface area contributed by atoms with Crippen molar-refractivity contribution in [2.75, 3.05) is 39.4 Å². The van der Waals surface area contributed by atoms with E-state index in [-0.39, 0.29) is 0 Å². The van der Waals surface area contributed by atoms with Gasteiger partial charge in [-0.05, 0) is 25.1 Å². The minimum atomic E-state index is 0.476. The molecule has 2 aromatic rings. The molecule has 1 aliphatic heterocycles. The summed E-state index contributed by atoms with van der Waals surface area (Å²) in [6.07, 6.45) is 1.04. The number of hydrogen-bond acceptors (Lipinski definition) is 4. The molecule has 0 amide bonds. The lowest BCUT2D eigenvalue weighted by atomic mass is 10.3. The second-order valence-corrected chi connectivity index (χ2v) is 6.01. The number of imidazole rings is 1. The molecule has 0 unspecified atom stereocenters. The zero-order valence-corrected chi connectivity index (χ0v) is 14.2. The van der Waals surface area contributed by atoms with Crippen molar-refractivity contribution in [2.45, 2.75) is 13.0 Å². The molecule has 0 radical (unpaired) electrons. The van der Waals surface area contributed by atoms with Gasteiger partial charge in [0.25, 0.3) is 0 Å². The molecular formula is C17H26N6O. The average Bonchev–Trinajstić information content (AvgIpc) is 2.94. The number of guanidine groups is 1. The fourth-order valence-electron chi connectivity index (χ4n) is 2.89. The number of benzene rings is 1. The number of aromatic nitrogens is 2. The molecule has 1 fully saturated rings. The van der Waals surface area contributed by atoms with E-state index in [4.69, 9.17) is 10.5 Å². The minimum absolute atomic E-state index is 0.476. The van der Waals surface area contributed by atoms with E-state index in [9.17, 15) is 0 Å². The summed E-state index contributed by atoms with van der Waals surface area (Å²) in [6.45, 7) is 6.10. The molecule has 1 aliphatic rings. The third kappa shape index (κ3) is 4.24. The van der Waals surface area contributed by atoms with Crippen LogP contribution in [0.3, 0.4) is 0 Å². The number of nitrogens with two attached hydrogens (primary N) is 1. The van der Waals surface area contributed by atoms with Gasteiger partial charge in [-0.1, -0.05) is 12.1 Å². The van der Waals surface area contributed by atoms with Crippen molar-refractivity contribution in [1.82, 2.24) is 19.8 Å². The summed E-state index contributed by atoms with van der Waals surface area (Å²) in [4.78, 5) is 11.4. The number of aryl methyl sites for hydroxylation is 1. The zero-order chi connectivity index (χ0) is 16.8. The van der Waals surface area contributed by atoms with E-state index in [1.54, 1.807) is 0 Å². The highest BCUT2D eigenvalue weighted by Crippen LogP contribution is 2.14. The first-order valence-electron chi connectivity index (χ1n) is 8.48. The van der Waals surface area contributed by atoms with Gasteiger partial charge in [0, 0.05) is 26.7 Å². The van der Waals surface area contributed by atoms with Gasteiger partial charge in [-0.25, -0.2) is 9.98 Å². The van der Waals surface area contributed by atoms with Gasteiger partial charge in [0.1, 0.15) is 12.4 Å². The molecule has 130 valence electrons. The Bertz CT molecular complexity index is 689. The van der Waals surface area contributed by atoms with Crippen LogP contribution in [-0.2, 0) is 18.3 Å². The molecule has 1 aromatic carbocycles. The lowest BCUT2D eigenvalue weighted by Gasteiger charge is -2.26. The molecule has 3 rings (SSSR count). The largest absolute Gasteiger partial charge is 0.379 e. The van der Waals surface area contributed by atoms with E-state index >= 15 is 0 Å². The average molecular weight is 330 g/mol. The molecule has 7 nitrogen and oxygen atoms in total. The normalized spacial score (nSPS) is 16.6. The Morgan fingerprint density at radius 1 is 1.33 bits per heavy atom. The molecule has 7 heteroatoms. The van der Waals surface area contributed by atoms with Gasteiger partial charge >= 0.3 is 0 Å². The molecule has 0 aliphatic carbocycles. The molecule has 0 saturated carbocycles. The maximum absolute atomic E-state index is 5.95. The number of nitrogens with zero attached hydrogens (tertiary/aromatic N) is 4. The van der Waals surface area contributed by atoms with Crippen LogP contribution in [0.1, 0.15) is 12.2 Å². The Kier molecular flexibility index (Phi) is 5.66. The summed E-state index contributed by atoms with van der Waals surface area (Å²) < 4.78 is 7.41. The van der Waals surface area contributed by atoms with E-state index < -0.39 is 0 Å². The summed E-state index contributed by atoms with van der Waals surface area (Å²) in [5.41, 5.74) is 8.05. The lowest BCUT2D eigenvalue weighted by Crippen LogP contribution is -2.39. The van der Waals surface area contributed by atoms with Crippen molar-refractivity contribution in [3.63, 3.8) is 0 Å².